The molecule has 0 unspecified atom stereocenters. The van der Waals surface area contributed by atoms with Gasteiger partial charge < -0.3 is 21.2 Å². The zero-order valence-corrected chi connectivity index (χ0v) is 10.2. The van der Waals surface area contributed by atoms with Crippen molar-refractivity contribution in [2.45, 2.75) is 26.2 Å². The van der Waals surface area contributed by atoms with Gasteiger partial charge in [-0.05, 0) is 44.9 Å². The Kier molecular flexibility index (Phi) is 6.18. The SMILES string of the molecule is CCN1CCC(CNCCC(N)=NO)CC1. The molecular weight excluding hydrogens is 204 g/mol. The second kappa shape index (κ2) is 7.46. The van der Waals surface area contributed by atoms with E-state index in [1.807, 2.05) is 0 Å². The molecule has 0 aromatic heterocycles. The number of likely N-dealkylation sites (tertiary alicyclic amines) is 1. The number of hydrogen-bond acceptors (Lipinski definition) is 4. The highest BCUT2D eigenvalue weighted by molar-refractivity contribution is 5.79. The van der Waals surface area contributed by atoms with Gasteiger partial charge in [-0.2, -0.15) is 0 Å². The molecule has 0 atom stereocenters. The van der Waals surface area contributed by atoms with E-state index in [2.05, 4.69) is 22.3 Å². The number of rotatable bonds is 6. The molecule has 0 aliphatic carbocycles. The molecule has 1 aliphatic rings. The Balaban J connectivity index is 2.02. The van der Waals surface area contributed by atoms with E-state index in [-0.39, 0.29) is 0 Å². The van der Waals surface area contributed by atoms with Gasteiger partial charge in [0.05, 0.1) is 0 Å². The van der Waals surface area contributed by atoms with Gasteiger partial charge in [0, 0.05) is 13.0 Å². The van der Waals surface area contributed by atoms with E-state index in [0.717, 1.165) is 19.0 Å². The minimum Gasteiger partial charge on any atom is -0.409 e. The summed E-state index contributed by atoms with van der Waals surface area (Å²) in [4.78, 5) is 2.49. The van der Waals surface area contributed by atoms with Gasteiger partial charge in [-0.15, -0.1) is 0 Å². The average Bonchev–Trinajstić information content (AvgIpc) is 2.35. The third-order valence-electron chi connectivity index (χ3n) is 3.27. The number of hydrogen-bond donors (Lipinski definition) is 3. The lowest BCUT2D eigenvalue weighted by Gasteiger charge is -2.31. The van der Waals surface area contributed by atoms with E-state index in [1.54, 1.807) is 0 Å². The lowest BCUT2D eigenvalue weighted by Crippen LogP contribution is -2.37. The second-order valence-electron chi connectivity index (χ2n) is 4.42. The highest BCUT2D eigenvalue weighted by Gasteiger charge is 2.17. The molecule has 94 valence electrons. The lowest BCUT2D eigenvalue weighted by atomic mass is 9.97. The monoisotopic (exact) mass is 228 g/mol. The quantitative estimate of drug-likeness (QED) is 0.203. The first-order chi connectivity index (χ1) is 7.76. The number of amidine groups is 1. The highest BCUT2D eigenvalue weighted by Crippen LogP contribution is 2.15. The van der Waals surface area contributed by atoms with Crippen molar-refractivity contribution in [3.8, 4) is 0 Å². The molecule has 1 fully saturated rings. The van der Waals surface area contributed by atoms with Gasteiger partial charge in [0.1, 0.15) is 5.84 Å². The van der Waals surface area contributed by atoms with Crippen LogP contribution >= 0.6 is 0 Å². The van der Waals surface area contributed by atoms with Crippen LogP contribution in [-0.4, -0.2) is 48.7 Å². The van der Waals surface area contributed by atoms with E-state index in [1.165, 1.54) is 32.5 Å². The molecule has 0 aromatic rings. The fraction of sp³-hybridized carbons (Fsp3) is 0.909. The molecule has 0 saturated carbocycles. The number of nitrogens with one attached hydrogen (secondary N) is 1. The van der Waals surface area contributed by atoms with Crippen molar-refractivity contribution in [3.05, 3.63) is 0 Å². The third kappa shape index (κ3) is 4.81. The summed E-state index contributed by atoms with van der Waals surface area (Å²) in [5, 5.41) is 14.7. The van der Waals surface area contributed by atoms with Crippen LogP contribution in [0.1, 0.15) is 26.2 Å². The predicted molar refractivity (Wildman–Crippen MR) is 65.7 cm³/mol. The largest absolute Gasteiger partial charge is 0.409 e. The van der Waals surface area contributed by atoms with Gasteiger partial charge in [0.25, 0.3) is 0 Å². The summed E-state index contributed by atoms with van der Waals surface area (Å²) in [5.41, 5.74) is 5.38. The van der Waals surface area contributed by atoms with Crippen molar-refractivity contribution < 1.29 is 5.21 Å². The smallest absolute Gasteiger partial charge is 0.140 e. The van der Waals surface area contributed by atoms with Crippen molar-refractivity contribution in [3.63, 3.8) is 0 Å². The van der Waals surface area contributed by atoms with Crippen LogP contribution in [0.15, 0.2) is 5.16 Å². The zero-order chi connectivity index (χ0) is 11.8. The third-order valence-corrected chi connectivity index (χ3v) is 3.27. The van der Waals surface area contributed by atoms with Crippen LogP contribution in [0.3, 0.4) is 0 Å². The molecule has 16 heavy (non-hydrogen) atoms. The number of nitrogens with zero attached hydrogens (tertiary/aromatic N) is 2. The minimum absolute atomic E-state index is 0.299. The van der Waals surface area contributed by atoms with Crippen molar-refractivity contribution in [1.29, 1.82) is 0 Å². The lowest BCUT2D eigenvalue weighted by molar-refractivity contribution is 0.190. The van der Waals surface area contributed by atoms with E-state index in [0.29, 0.717) is 12.3 Å². The van der Waals surface area contributed by atoms with E-state index in [9.17, 15) is 0 Å². The molecular formula is C11H24N4O. The first kappa shape index (κ1) is 13.3. The fourth-order valence-electron chi connectivity index (χ4n) is 2.08. The molecule has 1 aliphatic heterocycles. The van der Waals surface area contributed by atoms with Crippen LogP contribution in [0.25, 0.3) is 0 Å². The first-order valence-corrected chi connectivity index (χ1v) is 6.15. The van der Waals surface area contributed by atoms with E-state index < -0.39 is 0 Å². The molecule has 0 amide bonds. The molecule has 1 saturated heterocycles. The van der Waals surface area contributed by atoms with Crippen LogP contribution < -0.4 is 11.1 Å². The first-order valence-electron chi connectivity index (χ1n) is 6.15. The number of piperidine rings is 1. The number of nitrogens with two attached hydrogens (primary N) is 1. The van der Waals surface area contributed by atoms with Gasteiger partial charge in [-0.3, -0.25) is 0 Å². The Bertz CT molecular complexity index is 212. The van der Waals surface area contributed by atoms with Gasteiger partial charge in [0.15, 0.2) is 0 Å². The molecule has 0 spiro atoms. The van der Waals surface area contributed by atoms with E-state index >= 15 is 0 Å². The maximum atomic E-state index is 8.37. The van der Waals surface area contributed by atoms with Crippen molar-refractivity contribution in [2.24, 2.45) is 16.8 Å². The summed E-state index contributed by atoms with van der Waals surface area (Å²) in [6.45, 7) is 7.69. The molecule has 5 nitrogen and oxygen atoms in total. The molecule has 4 N–H and O–H groups in total. The van der Waals surface area contributed by atoms with E-state index in [4.69, 9.17) is 10.9 Å². The molecule has 1 heterocycles. The summed E-state index contributed by atoms with van der Waals surface area (Å²) < 4.78 is 0. The molecule has 0 radical (unpaired) electrons. The van der Waals surface area contributed by atoms with Gasteiger partial charge in [0.2, 0.25) is 0 Å². The second-order valence-corrected chi connectivity index (χ2v) is 4.42. The standard InChI is InChI=1S/C11H24N4O/c1-2-15-7-4-10(5-8-15)9-13-6-3-11(12)14-16/h10,13,16H,2-9H2,1H3,(H2,12,14). The predicted octanol–water partition coefficient (Wildman–Crippen LogP) is 0.444. The van der Waals surface area contributed by atoms with Crippen LogP contribution in [0.2, 0.25) is 0 Å². The van der Waals surface area contributed by atoms with Crippen molar-refractivity contribution >= 4 is 5.84 Å². The molecule has 5 heteroatoms. The summed E-state index contributed by atoms with van der Waals surface area (Å²) in [6, 6.07) is 0. The Hall–Kier alpha value is -0.810. The molecule has 1 rings (SSSR count). The zero-order valence-electron chi connectivity index (χ0n) is 10.2. The van der Waals surface area contributed by atoms with Gasteiger partial charge in [-0.1, -0.05) is 12.1 Å². The van der Waals surface area contributed by atoms with Gasteiger partial charge in [-0.25, -0.2) is 0 Å². The summed E-state index contributed by atoms with van der Waals surface area (Å²) >= 11 is 0. The normalized spacial score (nSPS) is 20.2. The maximum Gasteiger partial charge on any atom is 0.140 e. The van der Waals surface area contributed by atoms with Crippen LogP contribution in [-0.2, 0) is 0 Å². The van der Waals surface area contributed by atoms with Crippen molar-refractivity contribution in [1.82, 2.24) is 10.2 Å². The minimum atomic E-state index is 0.299. The highest BCUT2D eigenvalue weighted by atomic mass is 16.4. The summed E-state index contributed by atoms with van der Waals surface area (Å²) in [6.07, 6.45) is 3.18. The topological polar surface area (TPSA) is 73.9 Å². The Morgan fingerprint density at radius 2 is 2.19 bits per heavy atom. The van der Waals surface area contributed by atoms with Crippen LogP contribution in [0.4, 0.5) is 0 Å². The Labute approximate surface area is 97.7 Å². The fourth-order valence-corrected chi connectivity index (χ4v) is 2.08. The Morgan fingerprint density at radius 1 is 1.50 bits per heavy atom. The van der Waals surface area contributed by atoms with Gasteiger partial charge >= 0.3 is 0 Å². The average molecular weight is 228 g/mol. The summed E-state index contributed by atoms with van der Waals surface area (Å²) in [5.74, 6) is 1.09. The maximum absolute atomic E-state index is 8.37. The summed E-state index contributed by atoms with van der Waals surface area (Å²) in [7, 11) is 0. The van der Waals surface area contributed by atoms with Crippen LogP contribution in [0.5, 0.6) is 0 Å². The Morgan fingerprint density at radius 3 is 2.75 bits per heavy atom. The number of oxime groups is 1. The molecule has 0 bridgehead atoms. The molecule has 0 aromatic carbocycles. The van der Waals surface area contributed by atoms with Crippen LogP contribution in [0, 0.1) is 5.92 Å². The van der Waals surface area contributed by atoms with Crippen molar-refractivity contribution in [2.75, 3.05) is 32.7 Å².